The Morgan fingerprint density at radius 3 is 1.51 bits per heavy atom. The molecule has 2 atom stereocenters. The molecule has 0 saturated heterocycles. The van der Waals surface area contributed by atoms with E-state index in [0.717, 1.165) is 31.6 Å². The number of rotatable bonds is 6. The van der Waals surface area contributed by atoms with Crippen molar-refractivity contribution >= 4 is 11.9 Å². The standard InChI is InChI=1S/C18H30O2.C9H12F6O2/c1-6-15(2,3)14(19)20-18-9-13-7-16(4,11-18)10-17(5,8-13)12-18;1-4-7(2,3)6(16)17-5(8(10,11)12)9(13,14)15/h13H,6-12H2,1-5H3;5H,4H2,1-3H3. The highest BCUT2D eigenvalue weighted by Crippen LogP contribution is 2.67. The molecular weight excluding hydrogens is 502 g/mol. The van der Waals surface area contributed by atoms with Crippen molar-refractivity contribution in [2.75, 3.05) is 0 Å². The van der Waals surface area contributed by atoms with E-state index in [-0.39, 0.29) is 23.4 Å². The third-order valence-electron chi connectivity index (χ3n) is 8.58. The van der Waals surface area contributed by atoms with Crippen molar-refractivity contribution in [3.63, 3.8) is 0 Å². The highest BCUT2D eigenvalue weighted by atomic mass is 19.4. The Morgan fingerprint density at radius 1 is 0.757 bits per heavy atom. The summed E-state index contributed by atoms with van der Waals surface area (Å²) >= 11 is 0. The molecule has 4 aliphatic carbocycles. The molecular formula is C27H42F6O4. The SMILES string of the molecule is CCC(C)(C)C(=O)OC(C(F)(F)F)C(F)(F)F.CCC(C)(C)C(=O)OC12CC3CC(C)(CC(C)(C3)C1)C2. The molecule has 0 aromatic carbocycles. The largest absolute Gasteiger partial charge is 0.459 e. The fourth-order valence-corrected chi connectivity index (χ4v) is 6.67. The van der Waals surface area contributed by atoms with Crippen LogP contribution in [0.25, 0.3) is 0 Å². The van der Waals surface area contributed by atoms with Crippen molar-refractivity contribution in [2.45, 2.75) is 131 Å². The number of ether oxygens (including phenoxy) is 2. The second-order valence-corrected chi connectivity index (χ2v) is 13.5. The maximum Gasteiger partial charge on any atom is 0.434 e. The Morgan fingerprint density at radius 2 is 1.16 bits per heavy atom. The Balaban J connectivity index is 0.000000265. The van der Waals surface area contributed by atoms with Crippen LogP contribution in [0, 0.1) is 27.6 Å². The van der Waals surface area contributed by atoms with E-state index < -0.39 is 29.8 Å². The summed E-state index contributed by atoms with van der Waals surface area (Å²) in [4.78, 5) is 23.7. The minimum absolute atomic E-state index is 0.0224. The van der Waals surface area contributed by atoms with Crippen LogP contribution in [0.1, 0.15) is 107 Å². The molecule has 0 N–H and O–H groups in total. The fourth-order valence-electron chi connectivity index (χ4n) is 6.67. The second kappa shape index (κ2) is 9.92. The van der Waals surface area contributed by atoms with Gasteiger partial charge in [-0.3, -0.25) is 9.59 Å². The van der Waals surface area contributed by atoms with Gasteiger partial charge in [0, 0.05) is 0 Å². The van der Waals surface area contributed by atoms with Crippen LogP contribution in [-0.4, -0.2) is 36.0 Å². The van der Waals surface area contributed by atoms with Gasteiger partial charge in [-0.25, -0.2) is 0 Å². The predicted octanol–water partition coefficient (Wildman–Crippen LogP) is 8.17. The third kappa shape index (κ3) is 7.34. The first-order valence-electron chi connectivity index (χ1n) is 13.0. The van der Waals surface area contributed by atoms with Gasteiger partial charge in [-0.05, 0) is 95.8 Å². The van der Waals surface area contributed by atoms with Crippen molar-refractivity contribution in [3.8, 4) is 0 Å². The molecule has 0 radical (unpaired) electrons. The summed E-state index contributed by atoms with van der Waals surface area (Å²) in [5.74, 6) is -0.729. The van der Waals surface area contributed by atoms with Crippen LogP contribution < -0.4 is 0 Å². The van der Waals surface area contributed by atoms with Gasteiger partial charge in [-0.1, -0.05) is 27.7 Å². The van der Waals surface area contributed by atoms with E-state index in [0.29, 0.717) is 10.8 Å². The summed E-state index contributed by atoms with van der Waals surface area (Å²) < 4.78 is 82.2. The van der Waals surface area contributed by atoms with E-state index >= 15 is 0 Å². The number of hydrogen-bond acceptors (Lipinski definition) is 4. The molecule has 4 saturated carbocycles. The summed E-state index contributed by atoms with van der Waals surface area (Å²) in [5, 5.41) is 0. The van der Waals surface area contributed by atoms with Crippen LogP contribution in [-0.2, 0) is 19.1 Å². The Bertz CT molecular complexity index is 828. The molecule has 0 amide bonds. The highest BCUT2D eigenvalue weighted by molar-refractivity contribution is 5.76. The normalized spacial score (nSPS) is 31.6. The average Bonchev–Trinajstić information content (AvgIpc) is 2.67. The van der Waals surface area contributed by atoms with Crippen LogP contribution in [0.15, 0.2) is 0 Å². The van der Waals surface area contributed by atoms with Crippen LogP contribution in [0.5, 0.6) is 0 Å². The molecule has 0 aromatic heterocycles. The lowest BCUT2D eigenvalue weighted by Crippen LogP contribution is -2.60. The Labute approximate surface area is 216 Å². The number of carbonyl (C=O) groups is 2. The smallest absolute Gasteiger partial charge is 0.434 e. The minimum atomic E-state index is -5.67. The molecule has 216 valence electrons. The maximum absolute atomic E-state index is 12.6. The van der Waals surface area contributed by atoms with Crippen LogP contribution >= 0.6 is 0 Å². The van der Waals surface area contributed by atoms with E-state index in [1.807, 2.05) is 13.8 Å². The summed E-state index contributed by atoms with van der Waals surface area (Å²) in [6.45, 7) is 14.8. The molecule has 37 heavy (non-hydrogen) atoms. The van der Waals surface area contributed by atoms with Crippen LogP contribution in [0.3, 0.4) is 0 Å². The average molecular weight is 545 g/mol. The van der Waals surface area contributed by atoms with Crippen molar-refractivity contribution in [1.82, 2.24) is 0 Å². The summed E-state index contributed by atoms with van der Waals surface area (Å²) in [6.07, 6.45) is -7.18. The van der Waals surface area contributed by atoms with E-state index in [1.54, 1.807) is 0 Å². The van der Waals surface area contributed by atoms with Gasteiger partial charge < -0.3 is 9.47 Å². The lowest BCUT2D eigenvalue weighted by Gasteiger charge is -2.64. The van der Waals surface area contributed by atoms with Crippen LogP contribution in [0.4, 0.5) is 26.3 Å². The zero-order valence-electron chi connectivity index (χ0n) is 23.2. The lowest BCUT2D eigenvalue weighted by atomic mass is 9.43. The molecule has 2 unspecified atom stereocenters. The summed E-state index contributed by atoms with van der Waals surface area (Å²) in [7, 11) is 0. The summed E-state index contributed by atoms with van der Waals surface area (Å²) in [6, 6.07) is 0. The minimum Gasteiger partial charge on any atom is -0.459 e. The van der Waals surface area contributed by atoms with Crippen molar-refractivity contribution in [1.29, 1.82) is 0 Å². The third-order valence-corrected chi connectivity index (χ3v) is 8.58. The molecule has 0 aromatic rings. The molecule has 4 aliphatic rings. The number of hydrogen-bond donors (Lipinski definition) is 0. The number of alkyl halides is 6. The molecule has 0 aliphatic heterocycles. The Hall–Kier alpha value is -1.48. The van der Waals surface area contributed by atoms with E-state index in [4.69, 9.17) is 4.74 Å². The lowest BCUT2D eigenvalue weighted by molar-refractivity contribution is -0.315. The van der Waals surface area contributed by atoms with E-state index in [2.05, 4.69) is 25.5 Å². The van der Waals surface area contributed by atoms with Gasteiger partial charge in [0.2, 0.25) is 0 Å². The zero-order chi connectivity index (χ0) is 28.9. The fraction of sp³-hybridized carbons (Fsp3) is 0.926. The first-order valence-corrected chi connectivity index (χ1v) is 13.0. The van der Waals surface area contributed by atoms with Gasteiger partial charge in [0.1, 0.15) is 5.60 Å². The van der Waals surface area contributed by atoms with Gasteiger partial charge in [0.15, 0.2) is 0 Å². The van der Waals surface area contributed by atoms with Crippen LogP contribution in [0.2, 0.25) is 0 Å². The molecule has 4 rings (SSSR count). The van der Waals surface area contributed by atoms with E-state index in [9.17, 15) is 35.9 Å². The predicted molar refractivity (Wildman–Crippen MR) is 126 cm³/mol. The van der Waals surface area contributed by atoms with Gasteiger partial charge in [0.05, 0.1) is 10.8 Å². The first kappa shape index (κ1) is 31.7. The quantitative estimate of drug-likeness (QED) is 0.250. The molecule has 4 bridgehead atoms. The molecule has 4 nitrogen and oxygen atoms in total. The summed E-state index contributed by atoms with van der Waals surface area (Å²) in [5.41, 5.74) is -1.07. The maximum atomic E-state index is 12.6. The van der Waals surface area contributed by atoms with E-state index in [1.165, 1.54) is 40.0 Å². The number of esters is 2. The van der Waals surface area contributed by atoms with Gasteiger partial charge in [-0.2, -0.15) is 26.3 Å². The van der Waals surface area contributed by atoms with Gasteiger partial charge in [-0.15, -0.1) is 0 Å². The highest BCUT2D eigenvalue weighted by Gasteiger charge is 2.62. The number of halogens is 6. The van der Waals surface area contributed by atoms with Gasteiger partial charge in [0.25, 0.3) is 6.10 Å². The van der Waals surface area contributed by atoms with Crippen molar-refractivity contribution < 1.29 is 45.4 Å². The second-order valence-electron chi connectivity index (χ2n) is 13.5. The van der Waals surface area contributed by atoms with Crippen molar-refractivity contribution in [2.24, 2.45) is 27.6 Å². The topological polar surface area (TPSA) is 52.6 Å². The molecule has 0 spiro atoms. The Kier molecular flexibility index (Phi) is 8.51. The first-order chi connectivity index (χ1) is 16.4. The monoisotopic (exact) mass is 544 g/mol. The van der Waals surface area contributed by atoms with Gasteiger partial charge >= 0.3 is 24.3 Å². The zero-order valence-corrected chi connectivity index (χ0v) is 23.2. The van der Waals surface area contributed by atoms with Crippen molar-refractivity contribution in [3.05, 3.63) is 0 Å². The molecule has 10 heteroatoms. The number of carbonyl (C=O) groups excluding carboxylic acids is 2. The molecule has 4 fully saturated rings. The molecule has 0 heterocycles.